The number of nitrogens with one attached hydrogen (secondary N) is 1. The van der Waals surface area contributed by atoms with Crippen LogP contribution in [-0.4, -0.2) is 17.0 Å². The summed E-state index contributed by atoms with van der Waals surface area (Å²) in [5.74, 6) is 2.55. The van der Waals surface area contributed by atoms with Crippen molar-refractivity contribution in [2.45, 2.75) is 26.3 Å². The molecule has 0 saturated carbocycles. The van der Waals surface area contributed by atoms with Crippen LogP contribution < -0.4 is 4.57 Å². The number of aromatic amines is 1. The number of hydrogen-bond donors (Lipinski definition) is 1. The first-order chi connectivity index (χ1) is 5.88. The van der Waals surface area contributed by atoms with Gasteiger partial charge in [0, 0.05) is 5.75 Å². The fraction of sp³-hybridized carbons (Fsp3) is 0.667. The molecule has 0 aliphatic rings. The van der Waals surface area contributed by atoms with Crippen LogP contribution in [0.3, 0.4) is 0 Å². The SMILES string of the molecule is CCC[n+]1cc[nH]c1CCSC. The summed E-state index contributed by atoms with van der Waals surface area (Å²) in [7, 11) is 0. The first-order valence-electron chi connectivity index (χ1n) is 4.43. The highest BCUT2D eigenvalue weighted by Gasteiger charge is 2.07. The number of aryl methyl sites for hydroxylation is 2. The lowest BCUT2D eigenvalue weighted by molar-refractivity contribution is -0.702. The van der Waals surface area contributed by atoms with E-state index >= 15 is 0 Å². The molecule has 0 amide bonds. The molecule has 0 radical (unpaired) electrons. The third-order valence-electron chi connectivity index (χ3n) is 1.86. The second-order valence-electron chi connectivity index (χ2n) is 2.84. The van der Waals surface area contributed by atoms with E-state index in [0.29, 0.717) is 0 Å². The molecule has 68 valence electrons. The van der Waals surface area contributed by atoms with E-state index in [1.54, 1.807) is 0 Å². The Morgan fingerprint density at radius 1 is 1.58 bits per heavy atom. The Kier molecular flexibility index (Phi) is 4.22. The van der Waals surface area contributed by atoms with Gasteiger partial charge in [0.2, 0.25) is 0 Å². The molecule has 0 spiro atoms. The molecule has 0 saturated heterocycles. The van der Waals surface area contributed by atoms with E-state index in [-0.39, 0.29) is 0 Å². The van der Waals surface area contributed by atoms with Gasteiger partial charge < -0.3 is 0 Å². The number of nitrogens with zero attached hydrogens (tertiary/aromatic N) is 1. The van der Waals surface area contributed by atoms with Crippen molar-refractivity contribution in [3.05, 3.63) is 18.2 Å². The Hall–Kier alpha value is -0.440. The third-order valence-corrected chi connectivity index (χ3v) is 2.47. The summed E-state index contributed by atoms with van der Waals surface area (Å²) in [5, 5.41) is 0. The fourth-order valence-corrected chi connectivity index (χ4v) is 1.66. The highest BCUT2D eigenvalue weighted by Crippen LogP contribution is 1.97. The Labute approximate surface area is 78.4 Å². The molecule has 12 heavy (non-hydrogen) atoms. The molecule has 1 aromatic rings. The monoisotopic (exact) mass is 185 g/mol. The van der Waals surface area contributed by atoms with Crippen molar-refractivity contribution in [2.24, 2.45) is 0 Å². The summed E-state index contributed by atoms with van der Waals surface area (Å²) in [4.78, 5) is 3.28. The minimum atomic E-state index is 1.13. The van der Waals surface area contributed by atoms with Crippen LogP contribution in [0.4, 0.5) is 0 Å². The van der Waals surface area contributed by atoms with Gasteiger partial charge >= 0.3 is 0 Å². The largest absolute Gasteiger partial charge is 0.255 e. The average Bonchev–Trinajstić information content (AvgIpc) is 2.50. The van der Waals surface area contributed by atoms with Gasteiger partial charge in [-0.1, -0.05) is 6.92 Å². The van der Waals surface area contributed by atoms with E-state index in [1.807, 2.05) is 18.0 Å². The molecule has 0 aliphatic heterocycles. The Balaban J connectivity index is 2.51. The molecule has 0 bridgehead atoms. The zero-order valence-electron chi connectivity index (χ0n) is 7.84. The molecule has 0 unspecified atom stereocenters. The summed E-state index contributed by atoms with van der Waals surface area (Å²) in [6.45, 7) is 3.34. The van der Waals surface area contributed by atoms with Crippen LogP contribution in [0.15, 0.2) is 12.4 Å². The van der Waals surface area contributed by atoms with Crippen molar-refractivity contribution in [1.29, 1.82) is 0 Å². The molecule has 0 fully saturated rings. The second-order valence-corrected chi connectivity index (χ2v) is 3.83. The highest BCUT2D eigenvalue weighted by molar-refractivity contribution is 7.98. The van der Waals surface area contributed by atoms with Crippen LogP contribution in [0, 0.1) is 0 Å². The maximum atomic E-state index is 3.28. The van der Waals surface area contributed by atoms with Crippen LogP contribution in [0.2, 0.25) is 0 Å². The third kappa shape index (κ3) is 2.55. The van der Waals surface area contributed by atoms with Crippen LogP contribution >= 0.6 is 11.8 Å². The zero-order chi connectivity index (χ0) is 8.81. The van der Waals surface area contributed by atoms with Crippen molar-refractivity contribution in [3.63, 3.8) is 0 Å². The summed E-state index contributed by atoms with van der Waals surface area (Å²) >= 11 is 1.89. The summed E-state index contributed by atoms with van der Waals surface area (Å²) in [6, 6.07) is 0. The average molecular weight is 185 g/mol. The van der Waals surface area contributed by atoms with E-state index in [4.69, 9.17) is 0 Å². The Bertz CT molecular complexity index is 220. The van der Waals surface area contributed by atoms with Gasteiger partial charge in [0.15, 0.2) is 0 Å². The molecule has 2 nitrogen and oxygen atoms in total. The van der Waals surface area contributed by atoms with Gasteiger partial charge in [0.25, 0.3) is 5.82 Å². The second kappa shape index (κ2) is 5.25. The van der Waals surface area contributed by atoms with Crippen LogP contribution in [0.1, 0.15) is 19.2 Å². The van der Waals surface area contributed by atoms with E-state index in [2.05, 4.69) is 28.9 Å². The normalized spacial score (nSPS) is 10.5. The maximum Gasteiger partial charge on any atom is 0.255 e. The van der Waals surface area contributed by atoms with Gasteiger partial charge in [-0.05, 0) is 12.7 Å². The quantitative estimate of drug-likeness (QED) is 0.691. The van der Waals surface area contributed by atoms with E-state index in [1.165, 1.54) is 18.0 Å². The molecule has 1 aromatic heterocycles. The number of aromatic nitrogens is 2. The van der Waals surface area contributed by atoms with Crippen molar-refractivity contribution < 1.29 is 4.57 Å². The fourth-order valence-electron chi connectivity index (χ4n) is 1.26. The van der Waals surface area contributed by atoms with Crippen molar-refractivity contribution >= 4 is 11.8 Å². The maximum absolute atomic E-state index is 3.28. The zero-order valence-corrected chi connectivity index (χ0v) is 8.66. The molecule has 0 aliphatic carbocycles. The van der Waals surface area contributed by atoms with Gasteiger partial charge in [-0.15, -0.1) is 0 Å². The molecule has 1 N–H and O–H groups in total. The number of rotatable bonds is 5. The van der Waals surface area contributed by atoms with E-state index < -0.39 is 0 Å². The summed E-state index contributed by atoms with van der Waals surface area (Å²) in [5.41, 5.74) is 0. The first kappa shape index (κ1) is 9.65. The first-order valence-corrected chi connectivity index (χ1v) is 5.82. The molecular formula is C9H17N2S+. The van der Waals surface area contributed by atoms with Gasteiger partial charge in [-0.25, -0.2) is 9.55 Å². The number of H-pyrrole nitrogens is 1. The molecule has 1 rings (SSSR count). The number of thioether (sulfide) groups is 1. The number of imidazole rings is 1. The Morgan fingerprint density at radius 3 is 3.08 bits per heavy atom. The van der Waals surface area contributed by atoms with E-state index in [0.717, 1.165) is 13.0 Å². The van der Waals surface area contributed by atoms with Crippen LogP contribution in [-0.2, 0) is 13.0 Å². The molecule has 0 aromatic carbocycles. The Morgan fingerprint density at radius 2 is 2.42 bits per heavy atom. The van der Waals surface area contributed by atoms with Gasteiger partial charge in [-0.3, -0.25) is 0 Å². The molecule has 1 heterocycles. The lowest BCUT2D eigenvalue weighted by Crippen LogP contribution is -2.36. The smallest absolute Gasteiger partial charge is 0.248 e. The highest BCUT2D eigenvalue weighted by atomic mass is 32.2. The van der Waals surface area contributed by atoms with Gasteiger partial charge in [0.05, 0.1) is 13.0 Å². The predicted octanol–water partition coefficient (Wildman–Crippen LogP) is 1.62. The lowest BCUT2D eigenvalue weighted by Gasteiger charge is -1.96. The summed E-state index contributed by atoms with van der Waals surface area (Å²) in [6.07, 6.45) is 8.64. The minimum Gasteiger partial charge on any atom is -0.248 e. The van der Waals surface area contributed by atoms with Gasteiger partial charge in [0.1, 0.15) is 12.4 Å². The van der Waals surface area contributed by atoms with Crippen molar-refractivity contribution in [3.8, 4) is 0 Å². The lowest BCUT2D eigenvalue weighted by atomic mass is 10.4. The predicted molar refractivity (Wildman–Crippen MR) is 53.4 cm³/mol. The topological polar surface area (TPSA) is 19.7 Å². The standard InChI is InChI=1S/C9H16N2S/c1-3-6-11-7-5-10-9(11)4-8-12-2/h5,7H,3-4,6,8H2,1-2H3/p+1. The van der Waals surface area contributed by atoms with Crippen molar-refractivity contribution in [2.75, 3.05) is 12.0 Å². The minimum absolute atomic E-state index is 1.13. The van der Waals surface area contributed by atoms with Crippen LogP contribution in [0.5, 0.6) is 0 Å². The summed E-state index contributed by atoms with van der Waals surface area (Å²) < 4.78 is 2.30. The van der Waals surface area contributed by atoms with E-state index in [9.17, 15) is 0 Å². The van der Waals surface area contributed by atoms with Crippen LogP contribution in [0.25, 0.3) is 0 Å². The number of hydrogen-bond acceptors (Lipinski definition) is 1. The van der Waals surface area contributed by atoms with Gasteiger partial charge in [-0.2, -0.15) is 11.8 Å². The molecule has 0 atom stereocenters. The van der Waals surface area contributed by atoms with Crippen molar-refractivity contribution in [1.82, 2.24) is 4.98 Å². The molecular weight excluding hydrogens is 168 g/mol. The molecule has 3 heteroatoms.